The van der Waals surface area contributed by atoms with E-state index in [9.17, 15) is 0 Å². The lowest BCUT2D eigenvalue weighted by atomic mass is 10.1. The van der Waals surface area contributed by atoms with E-state index in [0.717, 1.165) is 22.5 Å². The summed E-state index contributed by atoms with van der Waals surface area (Å²) < 4.78 is 0. The fourth-order valence-corrected chi connectivity index (χ4v) is 3.58. The van der Waals surface area contributed by atoms with E-state index in [2.05, 4.69) is 23.8 Å². The first kappa shape index (κ1) is 10.0. The van der Waals surface area contributed by atoms with E-state index in [4.69, 9.17) is 5.73 Å². The van der Waals surface area contributed by atoms with Crippen molar-refractivity contribution >= 4 is 27.4 Å². The van der Waals surface area contributed by atoms with Crippen molar-refractivity contribution in [2.75, 3.05) is 5.73 Å². The highest BCUT2D eigenvalue weighted by atomic mass is 32.1. The average Bonchev–Trinajstić information content (AvgIpc) is 2.75. The Bertz CT molecular complexity index is 557. The first-order valence-corrected chi connectivity index (χ1v) is 6.56. The maximum absolute atomic E-state index is 6.07. The first-order valence-electron chi connectivity index (χ1n) is 5.74. The Kier molecular flexibility index (Phi) is 2.14. The van der Waals surface area contributed by atoms with Gasteiger partial charge in [-0.25, -0.2) is 9.97 Å². The molecule has 2 aromatic heterocycles. The molecule has 0 aromatic carbocycles. The summed E-state index contributed by atoms with van der Waals surface area (Å²) >= 11 is 1.80. The van der Waals surface area contributed by atoms with Crippen molar-refractivity contribution in [3.8, 4) is 0 Å². The molecule has 3 nitrogen and oxygen atoms in total. The third-order valence-electron chi connectivity index (χ3n) is 3.13. The van der Waals surface area contributed by atoms with Crippen LogP contribution in [0.25, 0.3) is 10.2 Å². The van der Waals surface area contributed by atoms with Gasteiger partial charge in [-0.15, -0.1) is 11.3 Å². The van der Waals surface area contributed by atoms with Crippen molar-refractivity contribution in [3.63, 3.8) is 0 Å². The largest absolute Gasteiger partial charge is 0.383 e. The molecular weight excluding hydrogens is 218 g/mol. The zero-order valence-electron chi connectivity index (χ0n) is 9.58. The molecule has 0 aliphatic heterocycles. The van der Waals surface area contributed by atoms with Gasteiger partial charge in [0.1, 0.15) is 16.5 Å². The summed E-state index contributed by atoms with van der Waals surface area (Å²) in [5.41, 5.74) is 7.48. The van der Waals surface area contributed by atoms with Gasteiger partial charge in [-0.05, 0) is 24.8 Å². The molecule has 0 fully saturated rings. The SMILES string of the molecule is CC(C)c1nc(N)c2c3c(sc2n1)CCC3. The van der Waals surface area contributed by atoms with Crippen molar-refractivity contribution in [1.82, 2.24) is 9.97 Å². The van der Waals surface area contributed by atoms with Crippen LogP contribution < -0.4 is 5.73 Å². The van der Waals surface area contributed by atoms with Gasteiger partial charge in [-0.3, -0.25) is 0 Å². The molecule has 3 rings (SSSR count). The number of nitrogen functional groups attached to an aromatic ring is 1. The van der Waals surface area contributed by atoms with Gasteiger partial charge in [0.25, 0.3) is 0 Å². The maximum atomic E-state index is 6.07. The minimum absolute atomic E-state index is 0.337. The van der Waals surface area contributed by atoms with Gasteiger partial charge in [0.15, 0.2) is 0 Å². The lowest BCUT2D eigenvalue weighted by molar-refractivity contribution is 0.786. The summed E-state index contributed by atoms with van der Waals surface area (Å²) in [7, 11) is 0. The van der Waals surface area contributed by atoms with Crippen molar-refractivity contribution in [2.24, 2.45) is 0 Å². The molecule has 1 aliphatic carbocycles. The number of thiophene rings is 1. The van der Waals surface area contributed by atoms with E-state index in [-0.39, 0.29) is 0 Å². The fraction of sp³-hybridized carbons (Fsp3) is 0.500. The molecular formula is C12H15N3S. The van der Waals surface area contributed by atoms with Crippen LogP contribution in [0.2, 0.25) is 0 Å². The molecule has 16 heavy (non-hydrogen) atoms. The topological polar surface area (TPSA) is 51.8 Å². The summed E-state index contributed by atoms with van der Waals surface area (Å²) in [5.74, 6) is 1.88. The van der Waals surface area contributed by atoms with Gasteiger partial charge in [0, 0.05) is 10.8 Å². The number of hydrogen-bond donors (Lipinski definition) is 1. The van der Waals surface area contributed by atoms with Crippen LogP contribution in [0.1, 0.15) is 42.5 Å². The van der Waals surface area contributed by atoms with Crippen LogP contribution in [0.15, 0.2) is 0 Å². The van der Waals surface area contributed by atoms with Crippen LogP contribution in [-0.2, 0) is 12.8 Å². The Labute approximate surface area is 98.7 Å². The number of aryl methyl sites for hydroxylation is 2. The van der Waals surface area contributed by atoms with Crippen LogP contribution in [-0.4, -0.2) is 9.97 Å². The molecule has 0 bridgehead atoms. The highest BCUT2D eigenvalue weighted by Crippen LogP contribution is 2.38. The molecule has 2 N–H and O–H groups in total. The number of aromatic nitrogens is 2. The molecule has 0 spiro atoms. The van der Waals surface area contributed by atoms with Gasteiger partial charge in [-0.2, -0.15) is 0 Å². The number of fused-ring (bicyclic) bond motifs is 3. The summed E-state index contributed by atoms with van der Waals surface area (Å²) in [6.45, 7) is 4.20. The zero-order chi connectivity index (χ0) is 11.3. The maximum Gasteiger partial charge on any atom is 0.136 e. The summed E-state index contributed by atoms with van der Waals surface area (Å²) in [4.78, 5) is 11.6. The molecule has 4 heteroatoms. The van der Waals surface area contributed by atoms with E-state index < -0.39 is 0 Å². The number of rotatable bonds is 1. The third kappa shape index (κ3) is 1.33. The van der Waals surface area contributed by atoms with Gasteiger partial charge < -0.3 is 5.73 Å². The minimum atomic E-state index is 0.337. The molecule has 84 valence electrons. The standard InChI is InChI=1S/C12H15N3S/c1-6(2)11-14-10(13)9-7-4-3-5-8(7)16-12(9)15-11/h6H,3-5H2,1-2H3,(H2,13,14,15). The quantitative estimate of drug-likeness (QED) is 0.824. The normalized spacial score (nSPS) is 14.9. The molecule has 2 aromatic rings. The Balaban J connectivity index is 2.30. The highest BCUT2D eigenvalue weighted by Gasteiger charge is 2.21. The van der Waals surface area contributed by atoms with E-state index in [1.807, 2.05) is 0 Å². The second-order valence-corrected chi connectivity index (χ2v) is 5.74. The van der Waals surface area contributed by atoms with Crippen LogP contribution in [0, 0.1) is 0 Å². The number of anilines is 1. The average molecular weight is 233 g/mol. The molecule has 2 heterocycles. The predicted octanol–water partition coefficient (Wildman–Crippen LogP) is 2.89. The van der Waals surface area contributed by atoms with Crippen molar-refractivity contribution in [3.05, 3.63) is 16.3 Å². The summed E-state index contributed by atoms with van der Waals surface area (Å²) in [6.07, 6.45) is 3.58. The fourth-order valence-electron chi connectivity index (χ4n) is 2.30. The van der Waals surface area contributed by atoms with E-state index in [0.29, 0.717) is 11.7 Å². The molecule has 1 aliphatic rings. The van der Waals surface area contributed by atoms with Crippen molar-refractivity contribution in [2.45, 2.75) is 39.0 Å². The van der Waals surface area contributed by atoms with E-state index in [1.54, 1.807) is 11.3 Å². The van der Waals surface area contributed by atoms with Crippen LogP contribution in [0.4, 0.5) is 5.82 Å². The predicted molar refractivity (Wildman–Crippen MR) is 67.9 cm³/mol. The molecule has 0 unspecified atom stereocenters. The van der Waals surface area contributed by atoms with E-state index in [1.165, 1.54) is 23.3 Å². The second-order valence-electron chi connectivity index (χ2n) is 4.66. The van der Waals surface area contributed by atoms with Gasteiger partial charge >= 0.3 is 0 Å². The Hall–Kier alpha value is -1.16. The minimum Gasteiger partial charge on any atom is -0.383 e. The summed E-state index contributed by atoms with van der Waals surface area (Å²) in [6, 6.07) is 0. The Morgan fingerprint density at radius 3 is 2.81 bits per heavy atom. The van der Waals surface area contributed by atoms with Crippen LogP contribution in [0.3, 0.4) is 0 Å². The van der Waals surface area contributed by atoms with Gasteiger partial charge in [0.05, 0.1) is 5.39 Å². The molecule has 0 saturated heterocycles. The Morgan fingerprint density at radius 2 is 2.06 bits per heavy atom. The Morgan fingerprint density at radius 1 is 1.25 bits per heavy atom. The number of hydrogen-bond acceptors (Lipinski definition) is 4. The van der Waals surface area contributed by atoms with Gasteiger partial charge in [0.2, 0.25) is 0 Å². The van der Waals surface area contributed by atoms with Gasteiger partial charge in [-0.1, -0.05) is 13.8 Å². The summed E-state index contributed by atoms with van der Waals surface area (Å²) in [5, 5.41) is 1.13. The lowest BCUT2D eigenvalue weighted by Gasteiger charge is -2.05. The van der Waals surface area contributed by atoms with Crippen LogP contribution >= 0.6 is 11.3 Å². The lowest BCUT2D eigenvalue weighted by Crippen LogP contribution is -2.02. The van der Waals surface area contributed by atoms with Crippen molar-refractivity contribution < 1.29 is 0 Å². The third-order valence-corrected chi connectivity index (χ3v) is 4.31. The monoisotopic (exact) mass is 233 g/mol. The number of nitrogens with two attached hydrogens (primary N) is 1. The smallest absolute Gasteiger partial charge is 0.136 e. The first-order chi connectivity index (χ1) is 7.66. The van der Waals surface area contributed by atoms with Crippen LogP contribution in [0.5, 0.6) is 0 Å². The molecule has 0 saturated carbocycles. The second kappa shape index (κ2) is 3.42. The van der Waals surface area contributed by atoms with Crippen molar-refractivity contribution in [1.29, 1.82) is 0 Å². The number of nitrogens with zero attached hydrogens (tertiary/aromatic N) is 2. The highest BCUT2D eigenvalue weighted by molar-refractivity contribution is 7.19. The molecule has 0 amide bonds. The van der Waals surface area contributed by atoms with E-state index >= 15 is 0 Å². The zero-order valence-corrected chi connectivity index (χ0v) is 10.4. The molecule has 0 atom stereocenters. The molecule has 0 radical (unpaired) electrons.